The normalized spacial score (nSPS) is 12.4. The fourth-order valence-electron chi connectivity index (χ4n) is 1.42. The highest BCUT2D eigenvalue weighted by molar-refractivity contribution is 7.89. The van der Waals surface area contributed by atoms with E-state index in [0.717, 1.165) is 4.31 Å². The number of nitrogens with zero attached hydrogens (tertiary/aromatic N) is 3. The van der Waals surface area contributed by atoms with Crippen molar-refractivity contribution >= 4 is 21.5 Å². The molecule has 2 heterocycles. The van der Waals surface area contributed by atoms with Gasteiger partial charge in [-0.25, -0.2) is 17.7 Å². The second-order valence-corrected chi connectivity index (χ2v) is 5.59. The Morgan fingerprint density at radius 1 is 1.38 bits per heavy atom. The summed E-state index contributed by atoms with van der Waals surface area (Å²) in [5, 5.41) is 0.00750. The lowest BCUT2D eigenvalue weighted by molar-refractivity contribution is 0.516. The number of nitrogens with two attached hydrogens (primary N) is 1. The molecule has 0 saturated carbocycles. The average molecular weight is 240 g/mol. The van der Waals surface area contributed by atoms with Crippen molar-refractivity contribution < 1.29 is 8.42 Å². The van der Waals surface area contributed by atoms with Gasteiger partial charge in [0, 0.05) is 20.3 Å². The van der Waals surface area contributed by atoms with Crippen molar-refractivity contribution in [3.63, 3.8) is 0 Å². The van der Waals surface area contributed by atoms with Crippen LogP contribution in [-0.2, 0) is 10.0 Å². The van der Waals surface area contributed by atoms with E-state index >= 15 is 0 Å². The summed E-state index contributed by atoms with van der Waals surface area (Å²) in [5.74, 6) is 0.0138. The number of hydrogen-bond donors (Lipinski definition) is 1. The molecule has 2 N–H and O–H groups in total. The summed E-state index contributed by atoms with van der Waals surface area (Å²) in [4.78, 5) is 4.00. The predicted octanol–water partition coefficient (Wildman–Crippen LogP) is 0.167. The Hall–Kier alpha value is -1.60. The summed E-state index contributed by atoms with van der Waals surface area (Å²) in [6.45, 7) is 0. The van der Waals surface area contributed by atoms with E-state index < -0.39 is 10.0 Å². The van der Waals surface area contributed by atoms with Gasteiger partial charge < -0.3 is 5.73 Å². The van der Waals surface area contributed by atoms with Gasteiger partial charge in [-0.1, -0.05) is 6.07 Å². The van der Waals surface area contributed by atoms with Crippen LogP contribution < -0.4 is 5.73 Å². The number of aromatic nitrogens is 2. The van der Waals surface area contributed by atoms with Crippen LogP contribution in [0.2, 0.25) is 0 Å². The minimum absolute atomic E-state index is 0.00750. The van der Waals surface area contributed by atoms with Crippen molar-refractivity contribution in [2.24, 2.45) is 0 Å². The van der Waals surface area contributed by atoms with Gasteiger partial charge in [0.05, 0.1) is 0 Å². The zero-order valence-electron chi connectivity index (χ0n) is 8.95. The lowest BCUT2D eigenvalue weighted by atomic mass is 10.5. The molecule has 0 bridgehead atoms. The first-order valence-corrected chi connectivity index (χ1v) is 6.03. The molecule has 6 nitrogen and oxygen atoms in total. The number of anilines is 1. The number of rotatable bonds is 2. The van der Waals surface area contributed by atoms with E-state index in [4.69, 9.17) is 5.73 Å². The summed E-state index contributed by atoms with van der Waals surface area (Å²) in [5.41, 5.74) is 6.15. The molecule has 0 spiro atoms. The second kappa shape index (κ2) is 3.46. The van der Waals surface area contributed by atoms with Crippen molar-refractivity contribution in [1.29, 1.82) is 0 Å². The maximum Gasteiger partial charge on any atom is 0.262 e. The smallest absolute Gasteiger partial charge is 0.262 e. The van der Waals surface area contributed by atoms with Crippen molar-refractivity contribution in [3.8, 4) is 0 Å². The van der Waals surface area contributed by atoms with E-state index in [0.29, 0.717) is 5.65 Å². The molecule has 0 amide bonds. The monoisotopic (exact) mass is 240 g/mol. The first-order valence-electron chi connectivity index (χ1n) is 4.59. The molecule has 0 aliphatic carbocycles. The van der Waals surface area contributed by atoms with Gasteiger partial charge in [-0.05, 0) is 12.1 Å². The molecule has 2 aromatic rings. The van der Waals surface area contributed by atoms with Crippen LogP contribution in [0.15, 0.2) is 29.4 Å². The highest BCUT2D eigenvalue weighted by atomic mass is 32.2. The summed E-state index contributed by atoms with van der Waals surface area (Å²) >= 11 is 0. The molecule has 0 radical (unpaired) electrons. The van der Waals surface area contributed by atoms with Gasteiger partial charge in [-0.15, -0.1) is 0 Å². The maximum absolute atomic E-state index is 12.0. The molecular weight excluding hydrogens is 228 g/mol. The Kier molecular flexibility index (Phi) is 2.36. The molecule has 7 heteroatoms. The van der Waals surface area contributed by atoms with Gasteiger partial charge in [0.15, 0.2) is 10.8 Å². The van der Waals surface area contributed by atoms with Crippen LogP contribution in [0.1, 0.15) is 0 Å². The van der Waals surface area contributed by atoms with Gasteiger partial charge in [0.2, 0.25) is 0 Å². The quantitative estimate of drug-likeness (QED) is 0.811. The highest BCUT2D eigenvalue weighted by Gasteiger charge is 2.25. The summed E-state index contributed by atoms with van der Waals surface area (Å²) in [6.07, 6.45) is 1.62. The maximum atomic E-state index is 12.0. The van der Waals surface area contributed by atoms with Crippen LogP contribution in [0.3, 0.4) is 0 Å². The number of nitrogen functional groups attached to an aromatic ring is 1. The number of imidazole rings is 1. The Bertz CT molecular complexity index is 630. The Balaban J connectivity index is 2.84. The van der Waals surface area contributed by atoms with Crippen molar-refractivity contribution in [1.82, 2.24) is 13.7 Å². The Morgan fingerprint density at radius 2 is 2.06 bits per heavy atom. The van der Waals surface area contributed by atoms with Crippen molar-refractivity contribution in [2.75, 3.05) is 19.8 Å². The molecule has 2 aromatic heterocycles. The van der Waals surface area contributed by atoms with E-state index in [9.17, 15) is 8.42 Å². The Labute approximate surface area is 93.4 Å². The summed E-state index contributed by atoms with van der Waals surface area (Å²) in [6, 6.07) is 5.20. The highest BCUT2D eigenvalue weighted by Crippen LogP contribution is 2.21. The largest absolute Gasteiger partial charge is 0.381 e. The van der Waals surface area contributed by atoms with E-state index in [1.807, 2.05) is 0 Å². The molecule has 2 rings (SSSR count). The van der Waals surface area contributed by atoms with Crippen molar-refractivity contribution in [2.45, 2.75) is 5.03 Å². The standard InChI is InChI=1S/C9H12N4O2S/c1-12(2)16(14,15)9-8(10)11-7-5-3-4-6-13(7)9/h3-6H,10H2,1-2H3. The van der Waals surface area contributed by atoms with Gasteiger partial charge in [0.1, 0.15) is 5.65 Å². The van der Waals surface area contributed by atoms with Crippen LogP contribution in [0.4, 0.5) is 5.82 Å². The average Bonchev–Trinajstić information content (AvgIpc) is 2.53. The van der Waals surface area contributed by atoms with Crippen LogP contribution >= 0.6 is 0 Å². The zero-order chi connectivity index (χ0) is 11.9. The fourth-order valence-corrected chi connectivity index (χ4v) is 2.48. The molecule has 0 aliphatic rings. The second-order valence-electron chi connectivity index (χ2n) is 3.52. The molecule has 0 atom stereocenters. The molecule has 0 aromatic carbocycles. The molecule has 0 unspecified atom stereocenters. The molecule has 16 heavy (non-hydrogen) atoms. The van der Waals surface area contributed by atoms with E-state index in [2.05, 4.69) is 4.98 Å². The minimum atomic E-state index is -3.58. The molecule has 86 valence electrons. The number of pyridine rings is 1. The first kappa shape index (κ1) is 10.9. The van der Waals surface area contributed by atoms with Crippen LogP contribution in [0.25, 0.3) is 5.65 Å². The number of sulfonamides is 1. The zero-order valence-corrected chi connectivity index (χ0v) is 9.77. The SMILES string of the molecule is CN(C)S(=O)(=O)c1c(N)nc2ccccn12. The van der Waals surface area contributed by atoms with E-state index in [-0.39, 0.29) is 10.8 Å². The van der Waals surface area contributed by atoms with Gasteiger partial charge >= 0.3 is 0 Å². The van der Waals surface area contributed by atoms with Crippen LogP contribution in [0, 0.1) is 0 Å². The van der Waals surface area contributed by atoms with Gasteiger partial charge in [-0.3, -0.25) is 4.40 Å². The Morgan fingerprint density at radius 3 is 2.69 bits per heavy atom. The summed E-state index contributed by atoms with van der Waals surface area (Å²) < 4.78 is 26.6. The van der Waals surface area contributed by atoms with Crippen LogP contribution in [-0.4, -0.2) is 36.2 Å². The number of fused-ring (bicyclic) bond motifs is 1. The molecule has 0 saturated heterocycles. The third-order valence-electron chi connectivity index (χ3n) is 2.24. The third-order valence-corrected chi connectivity index (χ3v) is 4.09. The molecular formula is C9H12N4O2S. The fraction of sp³-hybridized carbons (Fsp3) is 0.222. The lowest BCUT2D eigenvalue weighted by Gasteiger charge is -2.10. The molecule has 0 fully saturated rings. The van der Waals surface area contributed by atoms with Crippen molar-refractivity contribution in [3.05, 3.63) is 24.4 Å². The third kappa shape index (κ3) is 1.44. The van der Waals surface area contributed by atoms with Gasteiger partial charge in [-0.2, -0.15) is 0 Å². The minimum Gasteiger partial charge on any atom is -0.381 e. The topological polar surface area (TPSA) is 80.7 Å². The summed E-state index contributed by atoms with van der Waals surface area (Å²) in [7, 11) is -0.671. The molecule has 0 aliphatic heterocycles. The lowest BCUT2D eigenvalue weighted by Crippen LogP contribution is -2.24. The van der Waals surface area contributed by atoms with E-state index in [1.165, 1.54) is 18.5 Å². The number of hydrogen-bond acceptors (Lipinski definition) is 4. The van der Waals surface area contributed by atoms with E-state index in [1.54, 1.807) is 24.4 Å². The van der Waals surface area contributed by atoms with Gasteiger partial charge in [0.25, 0.3) is 10.0 Å². The predicted molar refractivity (Wildman–Crippen MR) is 60.5 cm³/mol. The van der Waals surface area contributed by atoms with Crippen LogP contribution in [0.5, 0.6) is 0 Å². The first-order chi connectivity index (χ1) is 7.44.